The molecule has 0 amide bonds. The van der Waals surface area contributed by atoms with Crippen LogP contribution in [0.15, 0.2) is 66.3 Å². The van der Waals surface area contributed by atoms with Gasteiger partial charge in [-0.3, -0.25) is 0 Å². The van der Waals surface area contributed by atoms with E-state index >= 15 is 0 Å². The quantitative estimate of drug-likeness (QED) is 0.496. The second kappa shape index (κ2) is 7.92. The molecule has 2 aromatic carbocycles. The summed E-state index contributed by atoms with van der Waals surface area (Å²) in [5.41, 5.74) is 2.11. The molecule has 6 nitrogen and oxygen atoms in total. The summed E-state index contributed by atoms with van der Waals surface area (Å²) < 4.78 is 12.9. The molecule has 122 valence electrons. The molecule has 0 atom stereocenters. The van der Waals surface area contributed by atoms with Gasteiger partial charge in [-0.1, -0.05) is 24.3 Å². The minimum Gasteiger partial charge on any atom is -0.490 e. The van der Waals surface area contributed by atoms with Crippen LogP contribution in [0.2, 0.25) is 0 Å². The predicted molar refractivity (Wildman–Crippen MR) is 91.6 cm³/mol. The van der Waals surface area contributed by atoms with Crippen LogP contribution in [-0.2, 0) is 0 Å². The molecule has 1 heterocycles. The summed E-state index contributed by atoms with van der Waals surface area (Å²) in [6.07, 6.45) is 4.78. The molecule has 24 heavy (non-hydrogen) atoms. The Hall–Kier alpha value is -3.15. The van der Waals surface area contributed by atoms with Gasteiger partial charge in [-0.2, -0.15) is 5.10 Å². The number of hydrogen-bond donors (Lipinski definition) is 0. The van der Waals surface area contributed by atoms with E-state index in [-0.39, 0.29) is 0 Å². The minimum absolute atomic E-state index is 0.472. The summed E-state index contributed by atoms with van der Waals surface area (Å²) in [7, 11) is 0. The monoisotopic (exact) mass is 322 g/mol. The molecular weight excluding hydrogens is 304 g/mol. The third-order valence-corrected chi connectivity index (χ3v) is 3.22. The average Bonchev–Trinajstić information content (AvgIpc) is 3.11. The fourth-order valence-electron chi connectivity index (χ4n) is 2.10. The number of rotatable bonds is 7. The van der Waals surface area contributed by atoms with Crippen molar-refractivity contribution in [3.8, 4) is 11.5 Å². The Balaban J connectivity index is 1.49. The van der Waals surface area contributed by atoms with Crippen molar-refractivity contribution in [3.63, 3.8) is 0 Å². The third kappa shape index (κ3) is 4.67. The normalized spacial score (nSPS) is 10.9. The largest absolute Gasteiger partial charge is 0.490 e. The summed E-state index contributed by atoms with van der Waals surface area (Å²) in [5.74, 6) is 1.63. The van der Waals surface area contributed by atoms with Crippen LogP contribution in [0.3, 0.4) is 0 Å². The molecule has 0 aliphatic heterocycles. The van der Waals surface area contributed by atoms with Crippen LogP contribution in [0.25, 0.3) is 0 Å². The lowest BCUT2D eigenvalue weighted by atomic mass is 10.2. The SMILES string of the molecule is Cc1cccc(OCCOc2cccc(C=Nn3cnnc3)c2)c1. The lowest BCUT2D eigenvalue weighted by molar-refractivity contribution is 0.217. The van der Waals surface area contributed by atoms with Gasteiger partial charge >= 0.3 is 0 Å². The van der Waals surface area contributed by atoms with Crippen molar-refractivity contribution in [2.24, 2.45) is 5.10 Å². The van der Waals surface area contributed by atoms with Gasteiger partial charge in [0.1, 0.15) is 37.4 Å². The molecule has 0 aliphatic rings. The van der Waals surface area contributed by atoms with Gasteiger partial charge < -0.3 is 9.47 Å². The van der Waals surface area contributed by atoms with Gasteiger partial charge in [-0.15, -0.1) is 10.2 Å². The number of ether oxygens (including phenoxy) is 2. The van der Waals surface area contributed by atoms with Gasteiger partial charge in [0.15, 0.2) is 0 Å². The molecule has 3 aromatic rings. The van der Waals surface area contributed by atoms with E-state index < -0.39 is 0 Å². The Kier molecular flexibility index (Phi) is 5.19. The first-order chi connectivity index (χ1) is 11.8. The maximum atomic E-state index is 5.72. The Morgan fingerprint density at radius 2 is 1.62 bits per heavy atom. The second-order valence-electron chi connectivity index (χ2n) is 5.17. The van der Waals surface area contributed by atoms with Crippen LogP contribution in [0.5, 0.6) is 11.5 Å². The Bertz CT molecular complexity index is 800. The number of nitrogens with zero attached hydrogens (tertiary/aromatic N) is 4. The molecular formula is C18H18N4O2. The zero-order valence-electron chi connectivity index (χ0n) is 13.4. The van der Waals surface area contributed by atoms with Gasteiger partial charge in [0.05, 0.1) is 6.21 Å². The highest BCUT2D eigenvalue weighted by Crippen LogP contribution is 2.14. The molecule has 0 N–H and O–H groups in total. The lowest BCUT2D eigenvalue weighted by Crippen LogP contribution is -2.09. The van der Waals surface area contributed by atoms with Crippen molar-refractivity contribution in [1.82, 2.24) is 14.9 Å². The molecule has 0 radical (unpaired) electrons. The maximum absolute atomic E-state index is 5.72. The molecule has 6 heteroatoms. The van der Waals surface area contributed by atoms with Gasteiger partial charge in [0.2, 0.25) is 0 Å². The number of aryl methyl sites for hydroxylation is 1. The standard InChI is InChI=1S/C18H18N4O2/c1-15-4-2-6-17(10-15)23-8-9-24-18-7-3-5-16(11-18)12-21-22-13-19-20-14-22/h2-7,10-14H,8-9H2,1H3. The summed E-state index contributed by atoms with van der Waals surface area (Å²) >= 11 is 0. The van der Waals surface area contributed by atoms with E-state index in [2.05, 4.69) is 15.3 Å². The molecule has 3 rings (SSSR count). The van der Waals surface area contributed by atoms with Crippen molar-refractivity contribution < 1.29 is 9.47 Å². The molecule has 0 aliphatic carbocycles. The van der Waals surface area contributed by atoms with Crippen LogP contribution < -0.4 is 9.47 Å². The van der Waals surface area contributed by atoms with Crippen LogP contribution >= 0.6 is 0 Å². The van der Waals surface area contributed by atoms with Gasteiger partial charge in [-0.25, -0.2) is 4.68 Å². The average molecular weight is 322 g/mol. The van der Waals surface area contributed by atoms with E-state index in [0.29, 0.717) is 13.2 Å². The molecule has 0 saturated carbocycles. The number of hydrogen-bond acceptors (Lipinski definition) is 5. The van der Waals surface area contributed by atoms with Gasteiger partial charge in [0.25, 0.3) is 0 Å². The van der Waals surface area contributed by atoms with Crippen molar-refractivity contribution in [3.05, 3.63) is 72.3 Å². The topological polar surface area (TPSA) is 61.5 Å². The fraction of sp³-hybridized carbons (Fsp3) is 0.167. The van der Waals surface area contributed by atoms with Crippen molar-refractivity contribution >= 4 is 6.21 Å². The highest BCUT2D eigenvalue weighted by atomic mass is 16.5. The van der Waals surface area contributed by atoms with E-state index in [1.165, 1.54) is 22.9 Å². The first kappa shape index (κ1) is 15.7. The van der Waals surface area contributed by atoms with Crippen LogP contribution in [0, 0.1) is 6.92 Å². The third-order valence-electron chi connectivity index (χ3n) is 3.22. The summed E-state index contributed by atoms with van der Waals surface area (Å²) in [6, 6.07) is 15.6. The van der Waals surface area contributed by atoms with Crippen LogP contribution in [-0.4, -0.2) is 34.3 Å². The molecule has 0 fully saturated rings. The Morgan fingerprint density at radius 1 is 0.958 bits per heavy atom. The predicted octanol–water partition coefficient (Wildman–Crippen LogP) is 2.93. The highest BCUT2D eigenvalue weighted by Gasteiger charge is 1.98. The number of aromatic nitrogens is 3. The van der Waals surface area contributed by atoms with Crippen molar-refractivity contribution in [1.29, 1.82) is 0 Å². The zero-order chi connectivity index (χ0) is 16.6. The highest BCUT2D eigenvalue weighted by molar-refractivity contribution is 5.80. The maximum Gasteiger partial charge on any atom is 0.141 e. The zero-order valence-corrected chi connectivity index (χ0v) is 13.4. The molecule has 1 aromatic heterocycles. The van der Waals surface area contributed by atoms with E-state index in [0.717, 1.165) is 17.1 Å². The lowest BCUT2D eigenvalue weighted by Gasteiger charge is -2.09. The second-order valence-corrected chi connectivity index (χ2v) is 5.17. The molecule has 0 unspecified atom stereocenters. The number of benzene rings is 2. The molecule has 0 bridgehead atoms. The summed E-state index contributed by atoms with van der Waals surface area (Å²) in [6.45, 7) is 3.00. The Morgan fingerprint density at radius 3 is 2.33 bits per heavy atom. The fourth-order valence-corrected chi connectivity index (χ4v) is 2.10. The van der Waals surface area contributed by atoms with Crippen molar-refractivity contribution in [2.75, 3.05) is 13.2 Å². The van der Waals surface area contributed by atoms with Gasteiger partial charge in [-0.05, 0) is 42.3 Å². The molecule has 0 saturated heterocycles. The van der Waals surface area contributed by atoms with E-state index in [4.69, 9.17) is 9.47 Å². The smallest absolute Gasteiger partial charge is 0.141 e. The van der Waals surface area contributed by atoms with Crippen LogP contribution in [0.1, 0.15) is 11.1 Å². The van der Waals surface area contributed by atoms with E-state index in [1.54, 1.807) is 6.21 Å². The van der Waals surface area contributed by atoms with Crippen LogP contribution in [0.4, 0.5) is 0 Å². The summed E-state index contributed by atoms with van der Waals surface area (Å²) in [4.78, 5) is 0. The minimum atomic E-state index is 0.472. The first-order valence-electron chi connectivity index (χ1n) is 7.61. The first-order valence-corrected chi connectivity index (χ1v) is 7.61. The van der Waals surface area contributed by atoms with Gasteiger partial charge in [0, 0.05) is 0 Å². The van der Waals surface area contributed by atoms with Crippen molar-refractivity contribution in [2.45, 2.75) is 6.92 Å². The Labute approximate surface area is 140 Å². The summed E-state index contributed by atoms with van der Waals surface area (Å²) in [5, 5.41) is 11.6. The van der Waals surface area contributed by atoms with E-state index in [9.17, 15) is 0 Å². The van der Waals surface area contributed by atoms with E-state index in [1.807, 2.05) is 55.5 Å². The molecule has 0 spiro atoms.